The van der Waals surface area contributed by atoms with Crippen LogP contribution < -0.4 is 0 Å². The molecule has 0 saturated heterocycles. The van der Waals surface area contributed by atoms with Crippen molar-refractivity contribution >= 4 is 17.3 Å². The SMILES string of the molecule is C[C@@H](OC(=O)c1ccccc1F)c1nnc(-c2cccs2)o1. The fourth-order valence-corrected chi connectivity index (χ4v) is 2.44. The molecule has 0 amide bonds. The van der Waals surface area contributed by atoms with Crippen molar-refractivity contribution < 1.29 is 18.3 Å². The highest BCUT2D eigenvalue weighted by Crippen LogP contribution is 2.26. The maximum atomic E-state index is 13.5. The normalized spacial score (nSPS) is 12.1. The summed E-state index contributed by atoms with van der Waals surface area (Å²) in [5, 5.41) is 9.66. The lowest BCUT2D eigenvalue weighted by Crippen LogP contribution is -2.11. The Balaban J connectivity index is 1.74. The Kier molecular flexibility index (Phi) is 3.97. The van der Waals surface area contributed by atoms with Gasteiger partial charge in [0, 0.05) is 0 Å². The van der Waals surface area contributed by atoms with Gasteiger partial charge in [-0.25, -0.2) is 9.18 Å². The molecule has 2 heterocycles. The summed E-state index contributed by atoms with van der Waals surface area (Å²) in [6.45, 7) is 1.59. The van der Waals surface area contributed by atoms with Gasteiger partial charge in [0.1, 0.15) is 5.82 Å². The second-order valence-corrected chi connectivity index (χ2v) is 5.40. The molecule has 7 heteroatoms. The number of benzene rings is 1. The van der Waals surface area contributed by atoms with Gasteiger partial charge in [-0.1, -0.05) is 18.2 Å². The van der Waals surface area contributed by atoms with Gasteiger partial charge in [0.2, 0.25) is 0 Å². The van der Waals surface area contributed by atoms with Crippen LogP contribution in [0.3, 0.4) is 0 Å². The first-order chi connectivity index (χ1) is 10.6. The quantitative estimate of drug-likeness (QED) is 0.684. The highest BCUT2D eigenvalue weighted by molar-refractivity contribution is 7.13. The van der Waals surface area contributed by atoms with Crippen molar-refractivity contribution in [3.63, 3.8) is 0 Å². The first-order valence-electron chi connectivity index (χ1n) is 6.48. The molecule has 22 heavy (non-hydrogen) atoms. The lowest BCUT2D eigenvalue weighted by molar-refractivity contribution is 0.0274. The number of nitrogens with zero attached hydrogens (tertiary/aromatic N) is 2. The zero-order valence-corrected chi connectivity index (χ0v) is 12.3. The van der Waals surface area contributed by atoms with Crippen LogP contribution in [0.1, 0.15) is 29.3 Å². The van der Waals surface area contributed by atoms with E-state index in [-0.39, 0.29) is 11.5 Å². The molecule has 3 rings (SSSR count). The Morgan fingerprint density at radius 3 is 2.82 bits per heavy atom. The lowest BCUT2D eigenvalue weighted by Gasteiger charge is -2.09. The van der Waals surface area contributed by atoms with E-state index in [9.17, 15) is 9.18 Å². The maximum Gasteiger partial charge on any atom is 0.341 e. The second-order valence-electron chi connectivity index (χ2n) is 4.45. The molecule has 0 aliphatic carbocycles. The van der Waals surface area contributed by atoms with Gasteiger partial charge in [0.25, 0.3) is 11.8 Å². The van der Waals surface area contributed by atoms with Gasteiger partial charge in [0.05, 0.1) is 10.4 Å². The van der Waals surface area contributed by atoms with Crippen LogP contribution in [0.25, 0.3) is 10.8 Å². The van der Waals surface area contributed by atoms with E-state index in [4.69, 9.17) is 9.15 Å². The zero-order valence-electron chi connectivity index (χ0n) is 11.5. The first kappa shape index (κ1) is 14.4. The van der Waals surface area contributed by atoms with Crippen LogP contribution in [0.4, 0.5) is 4.39 Å². The Morgan fingerprint density at radius 2 is 2.09 bits per heavy atom. The predicted molar refractivity (Wildman–Crippen MR) is 77.8 cm³/mol. The van der Waals surface area contributed by atoms with E-state index >= 15 is 0 Å². The lowest BCUT2D eigenvalue weighted by atomic mass is 10.2. The van der Waals surface area contributed by atoms with E-state index in [2.05, 4.69) is 10.2 Å². The molecule has 3 aromatic rings. The van der Waals surface area contributed by atoms with E-state index < -0.39 is 17.9 Å². The summed E-state index contributed by atoms with van der Waals surface area (Å²) in [7, 11) is 0. The Bertz CT molecular complexity index is 786. The summed E-state index contributed by atoms with van der Waals surface area (Å²) < 4.78 is 24.2. The van der Waals surface area contributed by atoms with Crippen LogP contribution >= 0.6 is 11.3 Å². The number of rotatable bonds is 4. The molecule has 1 aromatic carbocycles. The Morgan fingerprint density at radius 1 is 1.27 bits per heavy atom. The summed E-state index contributed by atoms with van der Waals surface area (Å²) in [5.41, 5.74) is -0.132. The third kappa shape index (κ3) is 2.89. The third-order valence-corrected chi connectivity index (χ3v) is 3.76. The molecule has 0 radical (unpaired) electrons. The average Bonchev–Trinajstić information content (AvgIpc) is 3.18. The van der Waals surface area contributed by atoms with Crippen molar-refractivity contribution in [3.8, 4) is 10.8 Å². The number of aromatic nitrogens is 2. The van der Waals surface area contributed by atoms with Crippen LogP contribution in [0.5, 0.6) is 0 Å². The number of carbonyl (C=O) groups is 1. The third-order valence-electron chi connectivity index (χ3n) is 2.90. The Hall–Kier alpha value is -2.54. The van der Waals surface area contributed by atoms with Gasteiger partial charge in [-0.05, 0) is 30.5 Å². The van der Waals surface area contributed by atoms with Crippen LogP contribution in [0, 0.1) is 5.82 Å². The molecule has 112 valence electrons. The van der Waals surface area contributed by atoms with Gasteiger partial charge in [0.15, 0.2) is 6.10 Å². The van der Waals surface area contributed by atoms with Crippen LogP contribution in [-0.2, 0) is 4.74 Å². The van der Waals surface area contributed by atoms with Crippen molar-refractivity contribution in [3.05, 3.63) is 59.0 Å². The van der Waals surface area contributed by atoms with Crippen LogP contribution in [0.2, 0.25) is 0 Å². The maximum absolute atomic E-state index is 13.5. The van der Waals surface area contributed by atoms with Gasteiger partial charge in [-0.2, -0.15) is 0 Å². The minimum Gasteiger partial charge on any atom is -0.449 e. The van der Waals surface area contributed by atoms with Crippen molar-refractivity contribution in [2.75, 3.05) is 0 Å². The van der Waals surface area contributed by atoms with Crippen LogP contribution in [0.15, 0.2) is 46.2 Å². The smallest absolute Gasteiger partial charge is 0.341 e. The minimum atomic E-state index is -0.776. The largest absolute Gasteiger partial charge is 0.449 e. The van der Waals surface area contributed by atoms with E-state index in [0.29, 0.717) is 5.89 Å². The first-order valence-corrected chi connectivity index (χ1v) is 7.36. The molecule has 0 aliphatic rings. The molecular weight excluding hydrogens is 307 g/mol. The molecule has 0 aliphatic heterocycles. The van der Waals surface area contributed by atoms with Crippen molar-refractivity contribution in [2.45, 2.75) is 13.0 Å². The topological polar surface area (TPSA) is 65.2 Å². The molecule has 0 saturated carbocycles. The zero-order chi connectivity index (χ0) is 15.5. The van der Waals surface area contributed by atoms with Gasteiger partial charge in [-0.3, -0.25) is 0 Å². The van der Waals surface area contributed by atoms with Crippen LogP contribution in [-0.4, -0.2) is 16.2 Å². The van der Waals surface area contributed by atoms with Crippen molar-refractivity contribution in [2.24, 2.45) is 0 Å². The van der Waals surface area contributed by atoms with Crippen molar-refractivity contribution in [1.29, 1.82) is 0 Å². The minimum absolute atomic E-state index is 0.132. The number of hydrogen-bond donors (Lipinski definition) is 0. The molecule has 1 atom stereocenters. The van der Waals surface area contributed by atoms with Gasteiger partial charge in [-0.15, -0.1) is 21.5 Å². The summed E-state index contributed by atoms with van der Waals surface area (Å²) in [6, 6.07) is 9.33. The fraction of sp³-hybridized carbons (Fsp3) is 0.133. The molecule has 5 nitrogen and oxygen atoms in total. The number of hydrogen-bond acceptors (Lipinski definition) is 6. The summed E-state index contributed by atoms with van der Waals surface area (Å²) in [5.74, 6) is -0.891. The highest BCUT2D eigenvalue weighted by Gasteiger charge is 2.21. The number of ether oxygens (including phenoxy) is 1. The fourth-order valence-electron chi connectivity index (χ4n) is 1.80. The second kappa shape index (κ2) is 6.07. The number of thiophene rings is 1. The van der Waals surface area contributed by atoms with E-state index in [1.807, 2.05) is 17.5 Å². The number of carbonyl (C=O) groups excluding carboxylic acids is 1. The van der Waals surface area contributed by atoms with Gasteiger partial charge < -0.3 is 9.15 Å². The molecular formula is C15H11FN2O3S. The average molecular weight is 318 g/mol. The summed E-state index contributed by atoms with van der Waals surface area (Å²) in [6.07, 6.45) is -0.770. The molecule has 0 N–H and O–H groups in total. The number of esters is 1. The molecule has 2 aromatic heterocycles. The van der Waals surface area contributed by atoms with E-state index in [0.717, 1.165) is 4.88 Å². The molecule has 0 unspecified atom stereocenters. The van der Waals surface area contributed by atoms with Gasteiger partial charge >= 0.3 is 5.97 Å². The molecule has 0 bridgehead atoms. The highest BCUT2D eigenvalue weighted by atomic mass is 32.1. The molecule has 0 fully saturated rings. The van der Waals surface area contributed by atoms with E-state index in [1.165, 1.54) is 29.5 Å². The molecule has 0 spiro atoms. The van der Waals surface area contributed by atoms with E-state index in [1.54, 1.807) is 13.0 Å². The Labute approximate surface area is 129 Å². The predicted octanol–water partition coefficient (Wildman–Crippen LogP) is 3.86. The summed E-state index contributed by atoms with van der Waals surface area (Å²) in [4.78, 5) is 12.8. The standard InChI is InChI=1S/C15H11FN2O3S/c1-9(20-15(19)10-5-2-3-6-11(10)16)13-17-18-14(21-13)12-7-4-8-22-12/h2-9H,1H3/t9-/m1/s1. The number of halogens is 1. The van der Waals surface area contributed by atoms with Crippen molar-refractivity contribution in [1.82, 2.24) is 10.2 Å². The summed E-state index contributed by atoms with van der Waals surface area (Å²) >= 11 is 1.46. The monoisotopic (exact) mass is 318 g/mol.